The van der Waals surface area contributed by atoms with Gasteiger partial charge in [-0.25, -0.2) is 0 Å². The van der Waals surface area contributed by atoms with Gasteiger partial charge in [0.25, 0.3) is 0 Å². The zero-order valence-corrected chi connectivity index (χ0v) is 11.1. The van der Waals surface area contributed by atoms with E-state index < -0.39 is 0 Å². The summed E-state index contributed by atoms with van der Waals surface area (Å²) in [4.78, 5) is 2.34. The van der Waals surface area contributed by atoms with Crippen LogP contribution in [-0.2, 0) is 11.3 Å². The maximum atomic E-state index is 5.53. The smallest absolute Gasteiger partial charge is 0.151 e. The zero-order valence-electron chi connectivity index (χ0n) is 11.1. The fourth-order valence-electron chi connectivity index (χ4n) is 2.39. The van der Waals surface area contributed by atoms with E-state index in [1.165, 1.54) is 0 Å². The molecule has 1 aromatic heterocycles. The van der Waals surface area contributed by atoms with E-state index in [0.29, 0.717) is 6.10 Å². The van der Waals surface area contributed by atoms with Gasteiger partial charge in [-0.2, -0.15) is 0 Å². The molecule has 4 nitrogen and oxygen atoms in total. The second-order valence-corrected chi connectivity index (χ2v) is 4.96. The minimum atomic E-state index is 0.297. The number of aromatic nitrogens is 1. The molecule has 4 heteroatoms. The van der Waals surface area contributed by atoms with Crippen molar-refractivity contribution in [3.8, 4) is 11.3 Å². The molecule has 0 radical (unpaired) electrons. The van der Waals surface area contributed by atoms with Crippen LogP contribution in [0, 0.1) is 0 Å². The Labute approximate surface area is 113 Å². The van der Waals surface area contributed by atoms with Gasteiger partial charge in [-0.3, -0.25) is 4.90 Å². The highest BCUT2D eigenvalue weighted by atomic mass is 16.5. The van der Waals surface area contributed by atoms with Crippen LogP contribution in [0.3, 0.4) is 0 Å². The van der Waals surface area contributed by atoms with Gasteiger partial charge in [0, 0.05) is 24.7 Å². The van der Waals surface area contributed by atoms with Crippen LogP contribution in [0.25, 0.3) is 11.3 Å². The van der Waals surface area contributed by atoms with Crippen molar-refractivity contribution < 1.29 is 9.26 Å². The molecule has 1 saturated heterocycles. The quantitative estimate of drug-likeness (QED) is 0.848. The number of ether oxygens (including phenoxy) is 1. The molecule has 0 spiro atoms. The number of morpholine rings is 1. The molecule has 0 aliphatic carbocycles. The van der Waals surface area contributed by atoms with Crippen LogP contribution in [0.2, 0.25) is 0 Å². The van der Waals surface area contributed by atoms with E-state index >= 15 is 0 Å². The van der Waals surface area contributed by atoms with Gasteiger partial charge in [0.15, 0.2) is 5.76 Å². The Kier molecular flexibility index (Phi) is 3.62. The highest BCUT2D eigenvalue weighted by Crippen LogP contribution is 2.20. The van der Waals surface area contributed by atoms with E-state index in [9.17, 15) is 0 Å². The van der Waals surface area contributed by atoms with Crippen LogP contribution in [0.15, 0.2) is 40.9 Å². The van der Waals surface area contributed by atoms with E-state index in [0.717, 1.165) is 43.3 Å². The second kappa shape index (κ2) is 5.55. The molecule has 0 N–H and O–H groups in total. The number of nitrogens with zero attached hydrogens (tertiary/aromatic N) is 2. The van der Waals surface area contributed by atoms with Crippen LogP contribution in [0.4, 0.5) is 0 Å². The lowest BCUT2D eigenvalue weighted by Crippen LogP contribution is -2.40. The summed E-state index contributed by atoms with van der Waals surface area (Å²) in [6.45, 7) is 5.59. The molecule has 2 aromatic rings. The summed E-state index contributed by atoms with van der Waals surface area (Å²) in [6, 6.07) is 12.1. The Balaban J connectivity index is 1.68. The van der Waals surface area contributed by atoms with Gasteiger partial charge in [-0.05, 0) is 6.92 Å². The van der Waals surface area contributed by atoms with Crippen molar-refractivity contribution in [3.05, 3.63) is 42.2 Å². The molecule has 1 atom stereocenters. The molecular formula is C15H18N2O2. The Bertz CT molecular complexity index is 524. The first-order valence-corrected chi connectivity index (χ1v) is 6.66. The van der Waals surface area contributed by atoms with Gasteiger partial charge in [0.05, 0.1) is 19.3 Å². The topological polar surface area (TPSA) is 38.5 Å². The average molecular weight is 258 g/mol. The predicted molar refractivity (Wildman–Crippen MR) is 72.6 cm³/mol. The number of hydrogen-bond donors (Lipinski definition) is 0. The Morgan fingerprint density at radius 3 is 2.95 bits per heavy atom. The van der Waals surface area contributed by atoms with Gasteiger partial charge in [-0.15, -0.1) is 0 Å². The average Bonchev–Trinajstić information content (AvgIpc) is 2.88. The van der Waals surface area contributed by atoms with Crippen molar-refractivity contribution in [2.24, 2.45) is 0 Å². The van der Waals surface area contributed by atoms with Crippen molar-refractivity contribution in [1.29, 1.82) is 0 Å². The van der Waals surface area contributed by atoms with E-state index in [1.54, 1.807) is 0 Å². The summed E-state index contributed by atoms with van der Waals surface area (Å²) in [6.07, 6.45) is 0.297. The SMILES string of the molecule is CC1CN(Cc2cc(-c3ccccc3)no2)CCO1. The summed E-state index contributed by atoms with van der Waals surface area (Å²) in [5.74, 6) is 0.910. The van der Waals surface area contributed by atoms with E-state index in [-0.39, 0.29) is 0 Å². The monoisotopic (exact) mass is 258 g/mol. The highest BCUT2D eigenvalue weighted by Gasteiger charge is 2.18. The number of benzene rings is 1. The van der Waals surface area contributed by atoms with Gasteiger partial charge in [0.2, 0.25) is 0 Å². The molecule has 1 aromatic carbocycles. The standard InChI is InChI=1S/C15H18N2O2/c1-12-10-17(7-8-18-12)11-14-9-15(16-19-14)13-5-3-2-4-6-13/h2-6,9,12H,7-8,10-11H2,1H3. The number of hydrogen-bond acceptors (Lipinski definition) is 4. The first kappa shape index (κ1) is 12.4. The summed E-state index contributed by atoms with van der Waals surface area (Å²) in [5.41, 5.74) is 1.99. The van der Waals surface area contributed by atoms with Crippen LogP contribution >= 0.6 is 0 Å². The molecule has 2 heterocycles. The van der Waals surface area contributed by atoms with Crippen molar-refractivity contribution in [2.45, 2.75) is 19.6 Å². The summed E-state index contributed by atoms with van der Waals surface area (Å²) in [7, 11) is 0. The molecular weight excluding hydrogens is 240 g/mol. The van der Waals surface area contributed by atoms with E-state index in [1.807, 2.05) is 36.4 Å². The molecule has 100 valence electrons. The van der Waals surface area contributed by atoms with Gasteiger partial charge in [-0.1, -0.05) is 35.5 Å². The molecule has 19 heavy (non-hydrogen) atoms. The zero-order chi connectivity index (χ0) is 13.1. The predicted octanol–water partition coefficient (Wildman–Crippen LogP) is 2.56. The van der Waals surface area contributed by atoms with Crippen LogP contribution in [-0.4, -0.2) is 35.9 Å². The third-order valence-corrected chi connectivity index (χ3v) is 3.33. The lowest BCUT2D eigenvalue weighted by Gasteiger charge is -2.30. The second-order valence-electron chi connectivity index (χ2n) is 4.96. The molecule has 1 aliphatic rings. The van der Waals surface area contributed by atoms with Crippen LogP contribution in [0.1, 0.15) is 12.7 Å². The number of rotatable bonds is 3. The van der Waals surface area contributed by atoms with Crippen molar-refractivity contribution in [3.63, 3.8) is 0 Å². The molecule has 0 amide bonds. The molecule has 1 unspecified atom stereocenters. The summed E-state index contributed by atoms with van der Waals surface area (Å²) < 4.78 is 11.0. The highest BCUT2D eigenvalue weighted by molar-refractivity contribution is 5.58. The lowest BCUT2D eigenvalue weighted by molar-refractivity contribution is -0.0235. The van der Waals surface area contributed by atoms with E-state index in [4.69, 9.17) is 9.26 Å². The largest absolute Gasteiger partial charge is 0.376 e. The fraction of sp³-hybridized carbons (Fsp3) is 0.400. The van der Waals surface area contributed by atoms with Crippen LogP contribution < -0.4 is 0 Å². The third kappa shape index (κ3) is 3.03. The molecule has 0 bridgehead atoms. The van der Waals surface area contributed by atoms with Gasteiger partial charge >= 0.3 is 0 Å². The van der Waals surface area contributed by atoms with E-state index in [2.05, 4.69) is 17.0 Å². The maximum absolute atomic E-state index is 5.53. The Morgan fingerprint density at radius 2 is 2.16 bits per heavy atom. The lowest BCUT2D eigenvalue weighted by atomic mass is 10.1. The minimum Gasteiger partial charge on any atom is -0.376 e. The molecule has 1 aliphatic heterocycles. The van der Waals surface area contributed by atoms with Crippen molar-refractivity contribution in [2.75, 3.05) is 19.7 Å². The Hall–Kier alpha value is -1.65. The van der Waals surface area contributed by atoms with Crippen molar-refractivity contribution >= 4 is 0 Å². The molecule has 0 saturated carbocycles. The normalized spacial score (nSPS) is 20.6. The summed E-state index contributed by atoms with van der Waals surface area (Å²) >= 11 is 0. The van der Waals surface area contributed by atoms with Crippen LogP contribution in [0.5, 0.6) is 0 Å². The summed E-state index contributed by atoms with van der Waals surface area (Å²) in [5, 5.41) is 4.14. The van der Waals surface area contributed by atoms with Gasteiger partial charge < -0.3 is 9.26 Å². The first-order valence-electron chi connectivity index (χ1n) is 6.66. The maximum Gasteiger partial charge on any atom is 0.151 e. The molecule has 3 rings (SSSR count). The van der Waals surface area contributed by atoms with Gasteiger partial charge in [0.1, 0.15) is 5.69 Å². The molecule has 1 fully saturated rings. The first-order chi connectivity index (χ1) is 9.31. The fourth-order valence-corrected chi connectivity index (χ4v) is 2.39. The third-order valence-electron chi connectivity index (χ3n) is 3.33. The Morgan fingerprint density at radius 1 is 1.32 bits per heavy atom. The van der Waals surface area contributed by atoms with Crippen molar-refractivity contribution in [1.82, 2.24) is 10.1 Å². The minimum absolute atomic E-state index is 0.297.